The van der Waals surface area contributed by atoms with E-state index < -0.39 is 0 Å². The van der Waals surface area contributed by atoms with Gasteiger partial charge in [-0.05, 0) is 54.4 Å². The van der Waals surface area contributed by atoms with E-state index in [1.165, 1.54) is 12.7 Å². The van der Waals surface area contributed by atoms with Gasteiger partial charge in [0.15, 0.2) is 0 Å². The molecule has 6 heteroatoms. The fourth-order valence-corrected chi connectivity index (χ4v) is 2.71. The maximum Gasteiger partial charge on any atom is 0.275 e. The molecule has 1 amide bonds. The lowest BCUT2D eigenvalue weighted by atomic mass is 10.2. The van der Waals surface area contributed by atoms with Gasteiger partial charge in [-0.1, -0.05) is 29.8 Å². The number of ether oxygens (including phenoxy) is 3. The Morgan fingerprint density at radius 3 is 2.30 bits per heavy atom. The average Bonchev–Trinajstić information content (AvgIpc) is 2.79. The maximum atomic E-state index is 12.3. The van der Waals surface area contributed by atoms with E-state index in [4.69, 9.17) is 14.2 Å². The molecule has 0 unspecified atom stereocenters. The van der Waals surface area contributed by atoms with Crippen LogP contribution >= 0.6 is 0 Å². The maximum absolute atomic E-state index is 12.3. The van der Waals surface area contributed by atoms with Crippen LogP contribution in [0.5, 0.6) is 17.2 Å². The van der Waals surface area contributed by atoms with E-state index in [1.54, 1.807) is 31.5 Å². The molecule has 0 spiro atoms. The zero-order valence-electron chi connectivity index (χ0n) is 17.2. The van der Waals surface area contributed by atoms with Gasteiger partial charge in [0.1, 0.15) is 23.9 Å². The monoisotopic (exact) mass is 404 g/mol. The number of nitrogens with zero attached hydrogens (tertiary/aromatic N) is 1. The van der Waals surface area contributed by atoms with Gasteiger partial charge >= 0.3 is 0 Å². The molecule has 3 rings (SSSR count). The molecule has 3 aromatic rings. The first-order valence-corrected chi connectivity index (χ1v) is 9.43. The standard InChI is InChI=1S/C24H24N2O4/c1-17-4-6-19(7-5-17)16-30-20-10-8-18(9-11-20)15-25-26-24(27)22-13-12-21(28-2)14-23(22)29-3/h4-15H,16H2,1-3H3,(H,26,27)/b25-15-. The molecule has 0 aromatic heterocycles. The molecular weight excluding hydrogens is 380 g/mol. The van der Waals surface area contributed by atoms with Crippen LogP contribution < -0.4 is 19.6 Å². The molecule has 0 aliphatic heterocycles. The molecule has 0 aliphatic rings. The highest BCUT2D eigenvalue weighted by Gasteiger charge is 2.12. The van der Waals surface area contributed by atoms with Crippen molar-refractivity contribution in [2.75, 3.05) is 14.2 Å². The Kier molecular flexibility index (Phi) is 7.05. The van der Waals surface area contributed by atoms with Crippen LogP contribution in [-0.2, 0) is 6.61 Å². The van der Waals surface area contributed by atoms with Crippen LogP contribution in [0.3, 0.4) is 0 Å². The second-order valence-electron chi connectivity index (χ2n) is 6.61. The second-order valence-corrected chi connectivity index (χ2v) is 6.61. The zero-order valence-corrected chi connectivity index (χ0v) is 17.2. The van der Waals surface area contributed by atoms with Crippen molar-refractivity contribution in [3.63, 3.8) is 0 Å². The van der Waals surface area contributed by atoms with E-state index in [2.05, 4.69) is 41.7 Å². The minimum absolute atomic E-state index is 0.371. The summed E-state index contributed by atoms with van der Waals surface area (Å²) in [5, 5.41) is 4.02. The molecular formula is C24H24N2O4. The fourth-order valence-electron chi connectivity index (χ4n) is 2.71. The normalized spacial score (nSPS) is 10.6. The summed E-state index contributed by atoms with van der Waals surface area (Å²) in [7, 11) is 3.05. The molecule has 3 aromatic carbocycles. The predicted molar refractivity (Wildman–Crippen MR) is 117 cm³/mol. The number of rotatable bonds is 8. The number of hydrogen-bond acceptors (Lipinski definition) is 5. The van der Waals surface area contributed by atoms with Crippen molar-refractivity contribution in [1.82, 2.24) is 5.43 Å². The Balaban J connectivity index is 1.55. The van der Waals surface area contributed by atoms with Gasteiger partial charge in [0.05, 0.1) is 26.0 Å². The topological polar surface area (TPSA) is 69.2 Å². The Morgan fingerprint density at radius 2 is 1.63 bits per heavy atom. The average molecular weight is 404 g/mol. The van der Waals surface area contributed by atoms with Crippen LogP contribution in [0.2, 0.25) is 0 Å². The first kappa shape index (κ1) is 20.9. The van der Waals surface area contributed by atoms with Gasteiger partial charge in [-0.2, -0.15) is 5.10 Å². The van der Waals surface area contributed by atoms with Gasteiger partial charge < -0.3 is 14.2 Å². The summed E-state index contributed by atoms with van der Waals surface area (Å²) in [4.78, 5) is 12.3. The number of aryl methyl sites for hydroxylation is 1. The van der Waals surface area contributed by atoms with Crippen LogP contribution in [0.25, 0.3) is 0 Å². The lowest BCUT2D eigenvalue weighted by Crippen LogP contribution is -2.18. The third kappa shape index (κ3) is 5.61. The molecule has 0 fully saturated rings. The molecule has 30 heavy (non-hydrogen) atoms. The molecule has 0 saturated heterocycles. The Hall–Kier alpha value is -3.80. The molecule has 0 aliphatic carbocycles. The highest BCUT2D eigenvalue weighted by atomic mass is 16.5. The van der Waals surface area contributed by atoms with E-state index in [0.29, 0.717) is 23.7 Å². The van der Waals surface area contributed by atoms with Crippen molar-refractivity contribution in [3.8, 4) is 17.2 Å². The van der Waals surface area contributed by atoms with Crippen LogP contribution in [0.4, 0.5) is 0 Å². The fraction of sp³-hybridized carbons (Fsp3) is 0.167. The number of carbonyl (C=O) groups excluding carboxylic acids is 1. The van der Waals surface area contributed by atoms with E-state index in [0.717, 1.165) is 16.9 Å². The van der Waals surface area contributed by atoms with Crippen molar-refractivity contribution >= 4 is 12.1 Å². The van der Waals surface area contributed by atoms with E-state index >= 15 is 0 Å². The molecule has 0 atom stereocenters. The van der Waals surface area contributed by atoms with E-state index in [1.807, 2.05) is 24.3 Å². The van der Waals surface area contributed by atoms with E-state index in [-0.39, 0.29) is 5.91 Å². The second kappa shape index (κ2) is 10.1. The van der Waals surface area contributed by atoms with Gasteiger partial charge in [-0.15, -0.1) is 0 Å². The molecule has 0 radical (unpaired) electrons. The SMILES string of the molecule is COc1ccc(C(=O)N/N=C\c2ccc(OCc3ccc(C)cc3)cc2)c(OC)c1. The van der Waals surface area contributed by atoms with Gasteiger partial charge in [0.2, 0.25) is 0 Å². The van der Waals surface area contributed by atoms with Gasteiger partial charge in [0, 0.05) is 6.07 Å². The van der Waals surface area contributed by atoms with Crippen LogP contribution in [-0.4, -0.2) is 26.3 Å². The first-order valence-electron chi connectivity index (χ1n) is 9.43. The van der Waals surface area contributed by atoms with Crippen LogP contribution in [0, 0.1) is 6.92 Å². The molecule has 0 heterocycles. The van der Waals surface area contributed by atoms with Gasteiger partial charge in [-0.3, -0.25) is 4.79 Å². The lowest BCUT2D eigenvalue weighted by molar-refractivity contribution is 0.0952. The van der Waals surface area contributed by atoms with Crippen molar-refractivity contribution in [2.45, 2.75) is 13.5 Å². The predicted octanol–water partition coefficient (Wildman–Crippen LogP) is 4.36. The highest BCUT2D eigenvalue weighted by Crippen LogP contribution is 2.24. The van der Waals surface area contributed by atoms with Gasteiger partial charge in [-0.25, -0.2) is 5.43 Å². The number of nitrogens with one attached hydrogen (secondary N) is 1. The van der Waals surface area contributed by atoms with Crippen LogP contribution in [0.15, 0.2) is 71.8 Å². The van der Waals surface area contributed by atoms with E-state index in [9.17, 15) is 4.79 Å². The number of benzene rings is 3. The largest absolute Gasteiger partial charge is 0.497 e. The molecule has 0 bridgehead atoms. The summed E-state index contributed by atoms with van der Waals surface area (Å²) in [5.74, 6) is 1.41. The summed E-state index contributed by atoms with van der Waals surface area (Å²) < 4.78 is 16.2. The number of amides is 1. The number of hydrogen-bond donors (Lipinski definition) is 1. The third-order valence-electron chi connectivity index (χ3n) is 4.44. The lowest BCUT2D eigenvalue weighted by Gasteiger charge is -2.09. The summed E-state index contributed by atoms with van der Waals surface area (Å²) in [6, 6.07) is 20.7. The molecule has 154 valence electrons. The summed E-state index contributed by atoms with van der Waals surface area (Å²) >= 11 is 0. The highest BCUT2D eigenvalue weighted by molar-refractivity contribution is 5.97. The minimum Gasteiger partial charge on any atom is -0.497 e. The van der Waals surface area contributed by atoms with Crippen molar-refractivity contribution in [3.05, 3.63) is 89.0 Å². The Labute approximate surface area is 176 Å². The molecule has 1 N–H and O–H groups in total. The van der Waals surface area contributed by atoms with Crippen molar-refractivity contribution in [2.24, 2.45) is 5.10 Å². The minimum atomic E-state index is -0.371. The quantitative estimate of drug-likeness (QED) is 0.448. The number of hydrazone groups is 1. The first-order chi connectivity index (χ1) is 14.6. The van der Waals surface area contributed by atoms with Crippen molar-refractivity contribution < 1.29 is 19.0 Å². The Bertz CT molecular complexity index is 1010. The molecule has 0 saturated carbocycles. The molecule has 6 nitrogen and oxygen atoms in total. The summed E-state index contributed by atoms with van der Waals surface area (Å²) in [5.41, 5.74) is 6.04. The van der Waals surface area contributed by atoms with Crippen LogP contribution in [0.1, 0.15) is 27.0 Å². The van der Waals surface area contributed by atoms with Crippen molar-refractivity contribution in [1.29, 1.82) is 0 Å². The number of carbonyl (C=O) groups is 1. The zero-order chi connectivity index (χ0) is 21.3. The third-order valence-corrected chi connectivity index (χ3v) is 4.44. The number of methoxy groups -OCH3 is 2. The summed E-state index contributed by atoms with van der Waals surface area (Å²) in [6.07, 6.45) is 1.57. The van der Waals surface area contributed by atoms with Gasteiger partial charge in [0.25, 0.3) is 5.91 Å². The Morgan fingerprint density at radius 1 is 0.933 bits per heavy atom. The summed E-state index contributed by atoms with van der Waals surface area (Å²) in [6.45, 7) is 2.56. The smallest absolute Gasteiger partial charge is 0.275 e.